The molecular formula is C20H22FN3O2. The largest absolute Gasteiger partial charge is 0.338 e. The molecule has 2 N–H and O–H groups in total. The van der Waals surface area contributed by atoms with E-state index in [2.05, 4.69) is 10.6 Å². The Labute approximate surface area is 152 Å². The van der Waals surface area contributed by atoms with E-state index in [4.69, 9.17) is 0 Å². The second kappa shape index (κ2) is 7.99. The van der Waals surface area contributed by atoms with E-state index in [1.807, 2.05) is 31.2 Å². The van der Waals surface area contributed by atoms with Gasteiger partial charge in [0.25, 0.3) is 0 Å². The summed E-state index contributed by atoms with van der Waals surface area (Å²) in [6, 6.07) is 13.4. The summed E-state index contributed by atoms with van der Waals surface area (Å²) in [5, 5.41) is 5.60. The molecule has 1 heterocycles. The van der Waals surface area contributed by atoms with Gasteiger partial charge in [-0.25, -0.2) is 9.18 Å². The lowest BCUT2D eigenvalue weighted by Gasteiger charge is -2.17. The van der Waals surface area contributed by atoms with Gasteiger partial charge >= 0.3 is 6.03 Å². The zero-order valence-electron chi connectivity index (χ0n) is 14.7. The fourth-order valence-corrected chi connectivity index (χ4v) is 3.00. The fraction of sp³-hybridized carbons (Fsp3) is 0.300. The Morgan fingerprint density at radius 2 is 1.85 bits per heavy atom. The van der Waals surface area contributed by atoms with Gasteiger partial charge in [-0.2, -0.15) is 0 Å². The maximum Gasteiger partial charge on any atom is 0.319 e. The number of urea groups is 1. The topological polar surface area (TPSA) is 61.4 Å². The molecule has 0 aliphatic carbocycles. The summed E-state index contributed by atoms with van der Waals surface area (Å²) in [5.74, 6) is -0.157. The Bertz CT molecular complexity index is 775. The van der Waals surface area contributed by atoms with Crippen LogP contribution in [-0.2, 0) is 11.3 Å². The van der Waals surface area contributed by atoms with Gasteiger partial charge in [-0.05, 0) is 36.8 Å². The molecule has 1 aliphatic rings. The van der Waals surface area contributed by atoms with Crippen LogP contribution in [0.1, 0.15) is 17.5 Å². The number of hydrogen-bond acceptors (Lipinski definition) is 2. The highest BCUT2D eigenvalue weighted by atomic mass is 19.1. The first kappa shape index (κ1) is 17.9. The van der Waals surface area contributed by atoms with Crippen molar-refractivity contribution in [1.82, 2.24) is 10.2 Å². The second-order valence-electron chi connectivity index (χ2n) is 6.67. The van der Waals surface area contributed by atoms with Gasteiger partial charge in [-0.15, -0.1) is 0 Å². The van der Waals surface area contributed by atoms with Crippen LogP contribution in [0.4, 0.5) is 14.9 Å². The number of aryl methyl sites for hydroxylation is 1. The molecule has 0 bridgehead atoms. The smallest absolute Gasteiger partial charge is 0.319 e. The lowest BCUT2D eigenvalue weighted by molar-refractivity contribution is -0.128. The van der Waals surface area contributed by atoms with E-state index in [-0.39, 0.29) is 23.7 Å². The maximum absolute atomic E-state index is 13.0. The molecule has 1 fully saturated rings. The van der Waals surface area contributed by atoms with Crippen LogP contribution < -0.4 is 10.6 Å². The van der Waals surface area contributed by atoms with Crippen molar-refractivity contribution in [3.05, 3.63) is 65.5 Å². The van der Waals surface area contributed by atoms with E-state index in [9.17, 15) is 14.0 Å². The molecular weight excluding hydrogens is 333 g/mol. The van der Waals surface area contributed by atoms with Gasteiger partial charge < -0.3 is 15.5 Å². The predicted molar refractivity (Wildman–Crippen MR) is 98.1 cm³/mol. The summed E-state index contributed by atoms with van der Waals surface area (Å²) in [5.41, 5.74) is 2.75. The van der Waals surface area contributed by atoms with Crippen molar-refractivity contribution in [2.45, 2.75) is 19.9 Å². The Morgan fingerprint density at radius 1 is 1.15 bits per heavy atom. The number of hydrogen-bond donors (Lipinski definition) is 2. The van der Waals surface area contributed by atoms with E-state index in [1.54, 1.807) is 17.0 Å². The highest BCUT2D eigenvalue weighted by molar-refractivity contribution is 5.89. The van der Waals surface area contributed by atoms with E-state index in [0.717, 1.165) is 16.8 Å². The summed E-state index contributed by atoms with van der Waals surface area (Å²) < 4.78 is 13.0. The van der Waals surface area contributed by atoms with Gasteiger partial charge in [0, 0.05) is 37.7 Å². The number of rotatable bonds is 5. The number of nitrogens with one attached hydrogen (secondary N) is 2. The highest BCUT2D eigenvalue weighted by Gasteiger charge is 2.29. The summed E-state index contributed by atoms with van der Waals surface area (Å²) in [7, 11) is 0. The lowest BCUT2D eigenvalue weighted by Crippen LogP contribution is -2.34. The Balaban J connectivity index is 1.45. The molecule has 136 valence electrons. The molecule has 0 radical (unpaired) electrons. The molecule has 5 nitrogen and oxygen atoms in total. The molecule has 2 aromatic rings. The first-order valence-electron chi connectivity index (χ1n) is 8.63. The van der Waals surface area contributed by atoms with Gasteiger partial charge in [-0.3, -0.25) is 4.79 Å². The minimum Gasteiger partial charge on any atom is -0.338 e. The van der Waals surface area contributed by atoms with Gasteiger partial charge in [0.15, 0.2) is 0 Å². The first-order valence-corrected chi connectivity index (χ1v) is 8.63. The quantitative estimate of drug-likeness (QED) is 0.864. The first-order chi connectivity index (χ1) is 12.5. The van der Waals surface area contributed by atoms with Gasteiger partial charge in [0.05, 0.1) is 0 Å². The zero-order valence-corrected chi connectivity index (χ0v) is 14.7. The summed E-state index contributed by atoms with van der Waals surface area (Å²) in [4.78, 5) is 25.9. The molecule has 2 aromatic carbocycles. The summed E-state index contributed by atoms with van der Waals surface area (Å²) in [6.07, 6.45) is 0.409. The van der Waals surface area contributed by atoms with Crippen molar-refractivity contribution in [1.29, 1.82) is 0 Å². The number of nitrogens with zero attached hydrogens (tertiary/aromatic N) is 1. The standard InChI is InChI=1S/C20H22FN3O2/c1-14-2-8-18(9-3-14)23-20(26)22-11-16-10-19(25)24(13-16)12-15-4-6-17(21)7-5-15/h2-9,16H,10-13H2,1H3,(H2,22,23,26)/t16-/m1/s1. The molecule has 6 heteroatoms. The molecule has 1 aliphatic heterocycles. The van der Waals surface area contributed by atoms with Crippen molar-refractivity contribution in [2.75, 3.05) is 18.4 Å². The summed E-state index contributed by atoms with van der Waals surface area (Å²) >= 11 is 0. The molecule has 0 aromatic heterocycles. The third kappa shape index (κ3) is 4.81. The molecule has 0 spiro atoms. The van der Waals surface area contributed by atoms with Crippen molar-refractivity contribution in [2.24, 2.45) is 5.92 Å². The molecule has 1 atom stereocenters. The Kier molecular flexibility index (Phi) is 5.51. The summed E-state index contributed by atoms with van der Waals surface area (Å²) in [6.45, 7) is 3.47. The van der Waals surface area contributed by atoms with E-state index in [0.29, 0.717) is 26.1 Å². The zero-order chi connectivity index (χ0) is 18.5. The average Bonchev–Trinajstić information content (AvgIpc) is 2.97. The number of carbonyl (C=O) groups is 2. The number of carbonyl (C=O) groups excluding carboxylic acids is 2. The molecule has 0 unspecified atom stereocenters. The van der Waals surface area contributed by atoms with Gasteiger partial charge in [0.1, 0.15) is 5.82 Å². The number of anilines is 1. The third-order valence-corrected chi connectivity index (χ3v) is 4.44. The minimum absolute atomic E-state index is 0.0556. The van der Waals surface area contributed by atoms with E-state index in [1.165, 1.54) is 12.1 Å². The highest BCUT2D eigenvalue weighted by Crippen LogP contribution is 2.20. The number of benzene rings is 2. The lowest BCUT2D eigenvalue weighted by atomic mass is 10.1. The van der Waals surface area contributed by atoms with Crippen LogP contribution in [0.5, 0.6) is 0 Å². The van der Waals surface area contributed by atoms with Crippen LogP contribution in [-0.4, -0.2) is 29.9 Å². The van der Waals surface area contributed by atoms with Crippen LogP contribution in [0.25, 0.3) is 0 Å². The molecule has 3 rings (SSSR count). The van der Waals surface area contributed by atoms with Crippen LogP contribution >= 0.6 is 0 Å². The fourth-order valence-electron chi connectivity index (χ4n) is 3.00. The van der Waals surface area contributed by atoms with Crippen LogP contribution in [0.15, 0.2) is 48.5 Å². The SMILES string of the molecule is Cc1ccc(NC(=O)NC[C@H]2CC(=O)N(Cc3ccc(F)cc3)C2)cc1. The third-order valence-electron chi connectivity index (χ3n) is 4.44. The normalized spacial score (nSPS) is 16.6. The Hall–Kier alpha value is -2.89. The van der Waals surface area contributed by atoms with Crippen molar-refractivity contribution < 1.29 is 14.0 Å². The van der Waals surface area contributed by atoms with Crippen molar-refractivity contribution >= 4 is 17.6 Å². The van der Waals surface area contributed by atoms with Crippen LogP contribution in [0.2, 0.25) is 0 Å². The van der Waals surface area contributed by atoms with Gasteiger partial charge in [0.2, 0.25) is 5.91 Å². The predicted octanol–water partition coefficient (Wildman–Crippen LogP) is 3.30. The van der Waals surface area contributed by atoms with Gasteiger partial charge in [-0.1, -0.05) is 29.8 Å². The molecule has 0 saturated carbocycles. The number of amides is 3. The van der Waals surface area contributed by atoms with Crippen molar-refractivity contribution in [3.8, 4) is 0 Å². The molecule has 26 heavy (non-hydrogen) atoms. The number of halogens is 1. The number of likely N-dealkylation sites (tertiary alicyclic amines) is 1. The molecule has 3 amide bonds. The van der Waals surface area contributed by atoms with Crippen molar-refractivity contribution in [3.63, 3.8) is 0 Å². The molecule has 1 saturated heterocycles. The van der Waals surface area contributed by atoms with E-state index < -0.39 is 0 Å². The second-order valence-corrected chi connectivity index (χ2v) is 6.67. The van der Waals surface area contributed by atoms with Crippen LogP contribution in [0.3, 0.4) is 0 Å². The van der Waals surface area contributed by atoms with Crippen LogP contribution in [0, 0.1) is 18.7 Å². The maximum atomic E-state index is 13.0. The minimum atomic E-state index is -0.289. The van der Waals surface area contributed by atoms with E-state index >= 15 is 0 Å². The average molecular weight is 355 g/mol. The Morgan fingerprint density at radius 3 is 2.54 bits per heavy atom. The monoisotopic (exact) mass is 355 g/mol.